The van der Waals surface area contributed by atoms with Crippen LogP contribution in [0, 0.1) is 11.7 Å². The minimum Gasteiger partial charge on any atom is -0.477 e. The van der Waals surface area contributed by atoms with Crippen LogP contribution in [0.3, 0.4) is 0 Å². The van der Waals surface area contributed by atoms with E-state index in [1.54, 1.807) is 19.3 Å². The zero-order valence-corrected chi connectivity index (χ0v) is 14.3. The highest BCUT2D eigenvalue weighted by atomic mass is 19.1. The third-order valence-electron chi connectivity index (χ3n) is 3.99. The van der Waals surface area contributed by atoms with Crippen LogP contribution in [0.5, 0.6) is 5.88 Å². The first-order valence-corrected chi connectivity index (χ1v) is 8.49. The van der Waals surface area contributed by atoms with Gasteiger partial charge in [0, 0.05) is 32.4 Å². The average Bonchev–Trinajstić information content (AvgIpc) is 3.45. The summed E-state index contributed by atoms with van der Waals surface area (Å²) in [5, 5.41) is 6.38. The predicted molar refractivity (Wildman–Crippen MR) is 95.9 cm³/mol. The summed E-state index contributed by atoms with van der Waals surface area (Å²) in [6, 6.07) is 10.4. The van der Waals surface area contributed by atoms with Crippen molar-refractivity contribution in [3.05, 3.63) is 59.5 Å². The number of halogens is 1. The van der Waals surface area contributed by atoms with Crippen LogP contribution in [-0.4, -0.2) is 24.6 Å². The Morgan fingerprint density at radius 1 is 1.20 bits per heavy atom. The van der Waals surface area contributed by atoms with Gasteiger partial charge in [-0.25, -0.2) is 9.37 Å². The predicted octanol–water partition coefficient (Wildman–Crippen LogP) is 2.87. The summed E-state index contributed by atoms with van der Waals surface area (Å²) in [6.45, 7) is 1.86. The fraction of sp³-hybridized carbons (Fsp3) is 0.368. The number of hydrogen-bond donors (Lipinski definition) is 2. The van der Waals surface area contributed by atoms with Crippen molar-refractivity contribution in [3.8, 4) is 5.88 Å². The van der Waals surface area contributed by atoms with Crippen LogP contribution in [0.2, 0.25) is 0 Å². The Hall–Kier alpha value is -2.63. The number of pyridine rings is 1. The van der Waals surface area contributed by atoms with E-state index in [9.17, 15) is 4.39 Å². The second kappa shape index (κ2) is 8.46. The fourth-order valence-corrected chi connectivity index (χ4v) is 2.33. The first kappa shape index (κ1) is 17.2. The van der Waals surface area contributed by atoms with Crippen LogP contribution >= 0.6 is 0 Å². The third kappa shape index (κ3) is 5.74. The van der Waals surface area contributed by atoms with Crippen LogP contribution in [-0.2, 0) is 13.1 Å². The highest BCUT2D eigenvalue weighted by Crippen LogP contribution is 2.29. The van der Waals surface area contributed by atoms with E-state index in [4.69, 9.17) is 4.74 Å². The minimum atomic E-state index is -0.239. The maximum absolute atomic E-state index is 13.2. The van der Waals surface area contributed by atoms with Gasteiger partial charge in [0.1, 0.15) is 5.82 Å². The Bertz CT molecular complexity index is 714. The molecule has 6 heteroatoms. The topological polar surface area (TPSA) is 58.5 Å². The Labute approximate surface area is 147 Å². The van der Waals surface area contributed by atoms with Crippen molar-refractivity contribution in [3.63, 3.8) is 0 Å². The molecule has 1 saturated carbocycles. The molecule has 1 aromatic carbocycles. The number of nitrogens with one attached hydrogen (secondary N) is 2. The van der Waals surface area contributed by atoms with Crippen LogP contribution in [0.1, 0.15) is 24.0 Å². The zero-order valence-electron chi connectivity index (χ0n) is 14.3. The van der Waals surface area contributed by atoms with Gasteiger partial charge in [-0.3, -0.25) is 4.99 Å². The smallest absolute Gasteiger partial charge is 0.213 e. The molecule has 1 aromatic heterocycles. The second-order valence-corrected chi connectivity index (χ2v) is 6.17. The molecule has 0 amide bonds. The molecule has 3 rings (SSSR count). The lowest BCUT2D eigenvalue weighted by atomic mass is 10.2. The number of rotatable bonds is 7. The second-order valence-electron chi connectivity index (χ2n) is 6.17. The summed E-state index contributed by atoms with van der Waals surface area (Å²) in [7, 11) is 1.70. The van der Waals surface area contributed by atoms with Gasteiger partial charge in [0.15, 0.2) is 5.96 Å². The maximum atomic E-state index is 13.2. The monoisotopic (exact) mass is 342 g/mol. The number of ether oxygens (including phenoxy) is 1. The van der Waals surface area contributed by atoms with Gasteiger partial charge in [0.25, 0.3) is 0 Å². The molecule has 25 heavy (non-hydrogen) atoms. The molecule has 0 unspecified atom stereocenters. The molecule has 1 fully saturated rings. The van der Waals surface area contributed by atoms with E-state index in [-0.39, 0.29) is 5.82 Å². The van der Waals surface area contributed by atoms with Crippen molar-refractivity contribution < 1.29 is 9.13 Å². The maximum Gasteiger partial charge on any atom is 0.213 e. The van der Waals surface area contributed by atoms with E-state index in [1.807, 2.05) is 18.2 Å². The zero-order chi connectivity index (χ0) is 17.5. The summed E-state index contributed by atoms with van der Waals surface area (Å²) in [5.41, 5.74) is 1.90. The number of benzene rings is 1. The Balaban J connectivity index is 1.44. The van der Waals surface area contributed by atoms with Crippen LogP contribution in [0.15, 0.2) is 47.6 Å². The van der Waals surface area contributed by atoms with E-state index < -0.39 is 0 Å². The molecule has 0 atom stereocenters. The van der Waals surface area contributed by atoms with Crippen molar-refractivity contribution in [1.29, 1.82) is 0 Å². The fourth-order valence-electron chi connectivity index (χ4n) is 2.33. The summed E-state index contributed by atoms with van der Waals surface area (Å²) in [6.07, 6.45) is 4.34. The first-order chi connectivity index (χ1) is 12.2. The number of aromatic nitrogens is 1. The van der Waals surface area contributed by atoms with Gasteiger partial charge in [-0.05, 0) is 42.0 Å². The number of nitrogens with zero attached hydrogens (tertiary/aromatic N) is 2. The van der Waals surface area contributed by atoms with E-state index in [0.29, 0.717) is 24.9 Å². The first-order valence-electron chi connectivity index (χ1n) is 8.49. The van der Waals surface area contributed by atoms with E-state index in [0.717, 1.165) is 23.7 Å². The van der Waals surface area contributed by atoms with Crippen molar-refractivity contribution in [2.45, 2.75) is 25.9 Å². The molecule has 0 bridgehead atoms. The summed E-state index contributed by atoms with van der Waals surface area (Å²) in [5.74, 6) is 1.80. The SMILES string of the molecule is CN=C(NCc1ccc(OCC2CC2)nc1)NCc1cccc(F)c1. The van der Waals surface area contributed by atoms with Crippen molar-refractivity contribution in [1.82, 2.24) is 15.6 Å². The molecular weight excluding hydrogens is 319 g/mol. The van der Waals surface area contributed by atoms with E-state index in [2.05, 4.69) is 20.6 Å². The molecule has 0 aliphatic heterocycles. The average molecular weight is 342 g/mol. The number of aliphatic imine (C=N–C) groups is 1. The molecule has 0 radical (unpaired) electrons. The van der Waals surface area contributed by atoms with Gasteiger partial charge in [0.05, 0.1) is 6.61 Å². The molecule has 132 valence electrons. The largest absolute Gasteiger partial charge is 0.477 e. The van der Waals surface area contributed by atoms with Gasteiger partial charge in [-0.15, -0.1) is 0 Å². The molecule has 0 spiro atoms. The Morgan fingerprint density at radius 2 is 2.00 bits per heavy atom. The van der Waals surface area contributed by atoms with Crippen LogP contribution < -0.4 is 15.4 Å². The normalized spacial score (nSPS) is 14.2. The van der Waals surface area contributed by atoms with Gasteiger partial charge in [-0.2, -0.15) is 0 Å². The number of guanidine groups is 1. The quantitative estimate of drug-likeness (QED) is 0.600. The lowest BCUT2D eigenvalue weighted by molar-refractivity contribution is 0.288. The van der Waals surface area contributed by atoms with Crippen molar-refractivity contribution in [2.75, 3.05) is 13.7 Å². The Morgan fingerprint density at radius 3 is 2.64 bits per heavy atom. The highest BCUT2D eigenvalue weighted by Gasteiger charge is 2.21. The van der Waals surface area contributed by atoms with Gasteiger partial charge in [-0.1, -0.05) is 18.2 Å². The molecule has 5 nitrogen and oxygen atoms in total. The lowest BCUT2D eigenvalue weighted by Gasteiger charge is -2.12. The van der Waals surface area contributed by atoms with Crippen LogP contribution in [0.4, 0.5) is 4.39 Å². The van der Waals surface area contributed by atoms with Gasteiger partial charge < -0.3 is 15.4 Å². The highest BCUT2D eigenvalue weighted by molar-refractivity contribution is 5.79. The molecular formula is C19H23FN4O. The Kier molecular flexibility index (Phi) is 5.82. The van der Waals surface area contributed by atoms with Crippen molar-refractivity contribution >= 4 is 5.96 Å². The summed E-state index contributed by atoms with van der Waals surface area (Å²) >= 11 is 0. The number of hydrogen-bond acceptors (Lipinski definition) is 3. The lowest BCUT2D eigenvalue weighted by Crippen LogP contribution is -2.36. The molecule has 2 N–H and O–H groups in total. The minimum absolute atomic E-state index is 0.239. The van der Waals surface area contributed by atoms with Crippen LogP contribution in [0.25, 0.3) is 0 Å². The molecule has 1 heterocycles. The van der Waals surface area contributed by atoms with E-state index >= 15 is 0 Å². The molecule has 1 aliphatic rings. The molecule has 2 aromatic rings. The molecule has 0 saturated heterocycles. The van der Waals surface area contributed by atoms with E-state index in [1.165, 1.54) is 25.0 Å². The van der Waals surface area contributed by atoms with Crippen molar-refractivity contribution in [2.24, 2.45) is 10.9 Å². The van der Waals surface area contributed by atoms with Gasteiger partial charge in [0.2, 0.25) is 5.88 Å². The summed E-state index contributed by atoms with van der Waals surface area (Å²) in [4.78, 5) is 8.49. The molecule has 1 aliphatic carbocycles. The standard InChI is InChI=1S/C19H23FN4O/c1-21-19(23-10-15-3-2-4-17(20)9-15)24-12-16-7-8-18(22-11-16)25-13-14-5-6-14/h2-4,7-9,11,14H,5-6,10,12-13H2,1H3,(H2,21,23,24). The third-order valence-corrected chi connectivity index (χ3v) is 3.99. The summed E-state index contributed by atoms with van der Waals surface area (Å²) < 4.78 is 18.8. The van der Waals surface area contributed by atoms with Gasteiger partial charge >= 0.3 is 0 Å².